The molecule has 1 unspecified atom stereocenters. The number of aromatic nitrogens is 1. The average Bonchev–Trinajstić information content (AvgIpc) is 2.76. The van der Waals surface area contributed by atoms with Gasteiger partial charge >= 0.3 is 0 Å². The standard InChI is InChI=1S/C12H19NO3S/c1-10(17(14,15)16)12-8-5-9-13(12)11-6-3-2-4-7-11/h5,8-11H,2-4,6-7H2,1H3,(H,14,15,16). The van der Waals surface area contributed by atoms with E-state index in [1.807, 2.05) is 16.8 Å². The molecule has 1 aromatic heterocycles. The Labute approximate surface area is 102 Å². The highest BCUT2D eigenvalue weighted by atomic mass is 32.2. The lowest BCUT2D eigenvalue weighted by atomic mass is 9.95. The van der Waals surface area contributed by atoms with E-state index in [0.717, 1.165) is 12.8 Å². The van der Waals surface area contributed by atoms with E-state index in [0.29, 0.717) is 11.7 Å². The highest BCUT2D eigenvalue weighted by molar-refractivity contribution is 7.86. The molecule has 0 radical (unpaired) electrons. The summed E-state index contributed by atoms with van der Waals surface area (Å²) in [6.07, 6.45) is 7.78. The second-order valence-electron chi connectivity index (χ2n) is 4.79. The molecule has 0 saturated heterocycles. The normalized spacial score (nSPS) is 20.4. The maximum absolute atomic E-state index is 11.2. The molecular weight excluding hydrogens is 238 g/mol. The van der Waals surface area contributed by atoms with Crippen LogP contribution in [-0.2, 0) is 10.1 Å². The highest BCUT2D eigenvalue weighted by Crippen LogP contribution is 2.32. The van der Waals surface area contributed by atoms with Crippen LogP contribution in [-0.4, -0.2) is 17.5 Å². The summed E-state index contributed by atoms with van der Waals surface area (Å²) in [5.41, 5.74) is 0.694. The van der Waals surface area contributed by atoms with Crippen LogP contribution < -0.4 is 0 Å². The van der Waals surface area contributed by atoms with E-state index in [2.05, 4.69) is 0 Å². The predicted molar refractivity (Wildman–Crippen MR) is 66.5 cm³/mol. The molecule has 1 fully saturated rings. The van der Waals surface area contributed by atoms with Gasteiger partial charge in [-0.1, -0.05) is 19.3 Å². The van der Waals surface area contributed by atoms with Gasteiger partial charge in [0.2, 0.25) is 0 Å². The molecule has 0 spiro atoms. The third kappa shape index (κ3) is 2.72. The molecule has 96 valence electrons. The van der Waals surface area contributed by atoms with Gasteiger partial charge in [-0.2, -0.15) is 8.42 Å². The summed E-state index contributed by atoms with van der Waals surface area (Å²) in [6.45, 7) is 1.53. The van der Waals surface area contributed by atoms with Crippen molar-refractivity contribution in [3.8, 4) is 0 Å². The van der Waals surface area contributed by atoms with E-state index in [4.69, 9.17) is 4.55 Å². The largest absolute Gasteiger partial charge is 0.347 e. The first-order valence-corrected chi connectivity index (χ1v) is 7.63. The van der Waals surface area contributed by atoms with Gasteiger partial charge < -0.3 is 4.57 Å². The smallest absolute Gasteiger partial charge is 0.273 e. The zero-order chi connectivity index (χ0) is 12.5. The van der Waals surface area contributed by atoms with Crippen molar-refractivity contribution in [2.24, 2.45) is 0 Å². The maximum Gasteiger partial charge on any atom is 0.273 e. The van der Waals surface area contributed by atoms with Gasteiger partial charge in [-0.25, -0.2) is 0 Å². The third-order valence-electron chi connectivity index (χ3n) is 3.64. The van der Waals surface area contributed by atoms with Crippen LogP contribution in [0.5, 0.6) is 0 Å². The van der Waals surface area contributed by atoms with Crippen LogP contribution in [0.2, 0.25) is 0 Å². The molecule has 1 aliphatic carbocycles. The fraction of sp³-hybridized carbons (Fsp3) is 0.667. The molecule has 0 bridgehead atoms. The number of hydrogen-bond donors (Lipinski definition) is 1. The summed E-state index contributed by atoms with van der Waals surface area (Å²) in [4.78, 5) is 0. The van der Waals surface area contributed by atoms with Gasteiger partial charge in [0.05, 0.1) is 0 Å². The van der Waals surface area contributed by atoms with Gasteiger partial charge in [-0.05, 0) is 31.9 Å². The van der Waals surface area contributed by atoms with Gasteiger partial charge in [-0.3, -0.25) is 4.55 Å². The quantitative estimate of drug-likeness (QED) is 0.847. The lowest BCUT2D eigenvalue weighted by Crippen LogP contribution is -2.18. The summed E-state index contributed by atoms with van der Waals surface area (Å²) in [5, 5.41) is -0.848. The highest BCUT2D eigenvalue weighted by Gasteiger charge is 2.25. The fourth-order valence-electron chi connectivity index (χ4n) is 2.60. The molecule has 2 rings (SSSR count). The van der Waals surface area contributed by atoms with Crippen LogP contribution in [0.25, 0.3) is 0 Å². The van der Waals surface area contributed by atoms with E-state index >= 15 is 0 Å². The van der Waals surface area contributed by atoms with Gasteiger partial charge in [0, 0.05) is 17.9 Å². The van der Waals surface area contributed by atoms with E-state index in [1.54, 1.807) is 6.07 Å². The predicted octanol–water partition coefficient (Wildman–Crippen LogP) is 2.94. The van der Waals surface area contributed by atoms with Crippen molar-refractivity contribution >= 4 is 10.1 Å². The lowest BCUT2D eigenvalue weighted by Gasteiger charge is -2.26. The van der Waals surface area contributed by atoms with E-state index in [-0.39, 0.29) is 0 Å². The van der Waals surface area contributed by atoms with Crippen molar-refractivity contribution in [1.29, 1.82) is 0 Å². The average molecular weight is 257 g/mol. The SMILES string of the molecule is CC(c1cccn1C1CCCCC1)S(=O)(=O)O. The second kappa shape index (κ2) is 4.82. The van der Waals surface area contributed by atoms with Crippen molar-refractivity contribution in [2.45, 2.75) is 50.3 Å². The number of rotatable bonds is 3. The Morgan fingerprint density at radius 3 is 2.59 bits per heavy atom. The summed E-state index contributed by atoms with van der Waals surface area (Å²) in [6, 6.07) is 4.02. The summed E-state index contributed by atoms with van der Waals surface area (Å²) in [5.74, 6) is 0. The van der Waals surface area contributed by atoms with E-state index < -0.39 is 15.4 Å². The molecule has 1 atom stereocenters. The van der Waals surface area contributed by atoms with Crippen molar-refractivity contribution < 1.29 is 13.0 Å². The summed E-state index contributed by atoms with van der Waals surface area (Å²) < 4.78 is 33.6. The molecular formula is C12H19NO3S. The molecule has 1 N–H and O–H groups in total. The summed E-state index contributed by atoms with van der Waals surface area (Å²) >= 11 is 0. The minimum atomic E-state index is -4.01. The van der Waals surface area contributed by atoms with Crippen molar-refractivity contribution in [2.75, 3.05) is 0 Å². The van der Waals surface area contributed by atoms with E-state index in [9.17, 15) is 8.42 Å². The Morgan fingerprint density at radius 1 is 1.35 bits per heavy atom. The lowest BCUT2D eigenvalue weighted by molar-refractivity contribution is 0.346. The van der Waals surface area contributed by atoms with E-state index in [1.165, 1.54) is 26.2 Å². The Kier molecular flexibility index (Phi) is 3.58. The first-order valence-electron chi connectivity index (χ1n) is 6.13. The van der Waals surface area contributed by atoms with Gasteiger partial charge in [0.15, 0.2) is 0 Å². The summed E-state index contributed by atoms with van der Waals surface area (Å²) in [7, 11) is -4.01. The molecule has 0 amide bonds. The van der Waals surface area contributed by atoms with Crippen LogP contribution in [0.3, 0.4) is 0 Å². The fourth-order valence-corrected chi connectivity index (χ4v) is 3.10. The van der Waals surface area contributed by atoms with Crippen LogP contribution in [0.15, 0.2) is 18.3 Å². The van der Waals surface area contributed by atoms with Crippen LogP contribution in [0.4, 0.5) is 0 Å². The molecule has 0 aliphatic heterocycles. The number of nitrogens with zero attached hydrogens (tertiary/aromatic N) is 1. The molecule has 1 aromatic rings. The molecule has 0 aromatic carbocycles. The first-order chi connectivity index (χ1) is 8.00. The van der Waals surface area contributed by atoms with Crippen LogP contribution in [0, 0.1) is 0 Å². The van der Waals surface area contributed by atoms with Crippen molar-refractivity contribution in [3.63, 3.8) is 0 Å². The zero-order valence-corrected chi connectivity index (χ0v) is 10.9. The molecule has 1 heterocycles. The Morgan fingerprint density at radius 2 is 2.00 bits per heavy atom. The van der Waals surface area contributed by atoms with Crippen LogP contribution >= 0.6 is 0 Å². The van der Waals surface area contributed by atoms with Gasteiger partial charge in [0.1, 0.15) is 5.25 Å². The molecule has 17 heavy (non-hydrogen) atoms. The maximum atomic E-state index is 11.2. The third-order valence-corrected chi connectivity index (χ3v) is 4.78. The zero-order valence-electron chi connectivity index (χ0n) is 10.0. The Bertz CT molecular complexity index is 472. The van der Waals surface area contributed by atoms with Crippen molar-refractivity contribution in [3.05, 3.63) is 24.0 Å². The molecule has 4 nitrogen and oxygen atoms in total. The van der Waals surface area contributed by atoms with Crippen molar-refractivity contribution in [1.82, 2.24) is 4.57 Å². The minimum Gasteiger partial charge on any atom is -0.347 e. The van der Waals surface area contributed by atoms with Gasteiger partial charge in [0.25, 0.3) is 10.1 Å². The minimum absolute atomic E-state index is 0.387. The number of hydrogen-bond acceptors (Lipinski definition) is 2. The second-order valence-corrected chi connectivity index (χ2v) is 6.53. The molecule has 1 aliphatic rings. The topological polar surface area (TPSA) is 59.3 Å². The van der Waals surface area contributed by atoms with Crippen LogP contribution in [0.1, 0.15) is 56.0 Å². The first kappa shape index (κ1) is 12.6. The monoisotopic (exact) mass is 257 g/mol. The molecule has 5 heteroatoms. The van der Waals surface area contributed by atoms with Gasteiger partial charge in [-0.15, -0.1) is 0 Å². The Balaban J connectivity index is 2.27. The Hall–Kier alpha value is -0.810. The molecule has 1 saturated carbocycles.